The molecule has 0 aromatic heterocycles. The van der Waals surface area contributed by atoms with Crippen LogP contribution in [0.15, 0.2) is 42.5 Å². The van der Waals surface area contributed by atoms with E-state index in [-0.39, 0.29) is 0 Å². The molecule has 0 unspecified atom stereocenters. The number of rotatable bonds is 3. The second-order valence-electron chi connectivity index (χ2n) is 4.93. The molecule has 2 aromatic rings. The first-order chi connectivity index (χ1) is 10.5. The highest BCUT2D eigenvalue weighted by atomic mass is 16.5. The highest BCUT2D eigenvalue weighted by molar-refractivity contribution is 6.43. The number of para-hydroxylation sites is 1. The summed E-state index contributed by atoms with van der Waals surface area (Å²) in [6.07, 6.45) is 0. The third-order valence-electron chi connectivity index (χ3n) is 3.20. The second kappa shape index (κ2) is 6.76. The highest BCUT2D eigenvalue weighted by Crippen LogP contribution is 2.25. The van der Waals surface area contributed by atoms with Crippen molar-refractivity contribution in [3.63, 3.8) is 0 Å². The number of anilines is 2. The molecule has 2 amide bonds. The summed E-state index contributed by atoms with van der Waals surface area (Å²) >= 11 is 0. The Morgan fingerprint density at radius 1 is 0.909 bits per heavy atom. The molecule has 0 bridgehead atoms. The van der Waals surface area contributed by atoms with Crippen LogP contribution in [-0.4, -0.2) is 18.9 Å². The second-order valence-corrected chi connectivity index (χ2v) is 4.93. The summed E-state index contributed by atoms with van der Waals surface area (Å²) in [4.78, 5) is 24.0. The van der Waals surface area contributed by atoms with Crippen molar-refractivity contribution in [1.82, 2.24) is 0 Å². The van der Waals surface area contributed by atoms with Crippen molar-refractivity contribution < 1.29 is 14.3 Å². The monoisotopic (exact) mass is 298 g/mol. The van der Waals surface area contributed by atoms with Gasteiger partial charge in [0.25, 0.3) is 0 Å². The van der Waals surface area contributed by atoms with Crippen LogP contribution in [0.1, 0.15) is 11.1 Å². The zero-order chi connectivity index (χ0) is 16.1. The molecular weight excluding hydrogens is 280 g/mol. The Balaban J connectivity index is 2.11. The minimum atomic E-state index is -0.743. The van der Waals surface area contributed by atoms with Gasteiger partial charge in [0.05, 0.1) is 12.8 Å². The fraction of sp³-hybridized carbons (Fsp3) is 0.176. The lowest BCUT2D eigenvalue weighted by Crippen LogP contribution is -2.29. The SMILES string of the molecule is COc1ccc(C)cc1NC(=O)C(=O)Nc1ccccc1C. The van der Waals surface area contributed by atoms with Gasteiger partial charge in [0.1, 0.15) is 5.75 Å². The van der Waals surface area contributed by atoms with Gasteiger partial charge in [0.15, 0.2) is 0 Å². The zero-order valence-corrected chi connectivity index (χ0v) is 12.8. The van der Waals surface area contributed by atoms with Crippen molar-refractivity contribution in [3.05, 3.63) is 53.6 Å². The third kappa shape index (κ3) is 3.63. The van der Waals surface area contributed by atoms with E-state index in [1.165, 1.54) is 7.11 Å². The van der Waals surface area contributed by atoms with Gasteiger partial charge in [-0.3, -0.25) is 9.59 Å². The Hall–Kier alpha value is -2.82. The molecule has 0 saturated carbocycles. The van der Waals surface area contributed by atoms with Crippen molar-refractivity contribution in [2.75, 3.05) is 17.7 Å². The van der Waals surface area contributed by atoms with Crippen LogP contribution in [0.25, 0.3) is 0 Å². The van der Waals surface area contributed by atoms with E-state index in [0.717, 1.165) is 11.1 Å². The lowest BCUT2D eigenvalue weighted by atomic mass is 10.2. The number of nitrogens with one attached hydrogen (secondary N) is 2. The van der Waals surface area contributed by atoms with Crippen LogP contribution < -0.4 is 15.4 Å². The summed E-state index contributed by atoms with van der Waals surface area (Å²) in [5, 5.41) is 5.16. The average molecular weight is 298 g/mol. The lowest BCUT2D eigenvalue weighted by Gasteiger charge is -2.11. The lowest BCUT2D eigenvalue weighted by molar-refractivity contribution is -0.133. The largest absolute Gasteiger partial charge is 0.495 e. The molecule has 0 fully saturated rings. The van der Waals surface area contributed by atoms with E-state index >= 15 is 0 Å². The van der Waals surface area contributed by atoms with Crippen LogP contribution in [0.2, 0.25) is 0 Å². The van der Waals surface area contributed by atoms with Crippen LogP contribution in [0, 0.1) is 13.8 Å². The maximum absolute atomic E-state index is 12.0. The standard InChI is InChI=1S/C17H18N2O3/c1-11-8-9-15(22-3)14(10-11)19-17(21)16(20)18-13-7-5-4-6-12(13)2/h4-10H,1-3H3,(H,18,20)(H,19,21). The van der Waals surface area contributed by atoms with Gasteiger partial charge < -0.3 is 15.4 Å². The number of benzene rings is 2. The number of aryl methyl sites for hydroxylation is 2. The molecule has 2 N–H and O–H groups in total. The van der Waals surface area contributed by atoms with Crippen molar-refractivity contribution in [3.8, 4) is 5.75 Å². The van der Waals surface area contributed by atoms with Gasteiger partial charge in [-0.1, -0.05) is 24.3 Å². The number of hydrogen-bond donors (Lipinski definition) is 2. The maximum Gasteiger partial charge on any atom is 0.314 e. The Morgan fingerprint density at radius 2 is 1.55 bits per heavy atom. The van der Waals surface area contributed by atoms with E-state index in [0.29, 0.717) is 17.1 Å². The molecule has 114 valence electrons. The third-order valence-corrected chi connectivity index (χ3v) is 3.20. The predicted octanol–water partition coefficient (Wildman–Crippen LogP) is 2.89. The summed E-state index contributed by atoms with van der Waals surface area (Å²) < 4.78 is 5.17. The number of carbonyl (C=O) groups is 2. The number of methoxy groups -OCH3 is 1. The van der Waals surface area contributed by atoms with E-state index in [2.05, 4.69) is 10.6 Å². The van der Waals surface area contributed by atoms with Crippen LogP contribution in [0.5, 0.6) is 5.75 Å². The molecular formula is C17H18N2O3. The minimum absolute atomic E-state index is 0.465. The zero-order valence-electron chi connectivity index (χ0n) is 12.8. The summed E-state index contributed by atoms with van der Waals surface area (Å²) in [6.45, 7) is 3.75. The van der Waals surface area contributed by atoms with E-state index in [4.69, 9.17) is 4.74 Å². The molecule has 22 heavy (non-hydrogen) atoms. The molecule has 5 nitrogen and oxygen atoms in total. The van der Waals surface area contributed by atoms with Crippen LogP contribution in [0.4, 0.5) is 11.4 Å². The van der Waals surface area contributed by atoms with Crippen molar-refractivity contribution in [2.45, 2.75) is 13.8 Å². The number of amides is 2. The van der Waals surface area contributed by atoms with Gasteiger partial charge in [-0.25, -0.2) is 0 Å². The molecule has 2 aromatic carbocycles. The van der Waals surface area contributed by atoms with E-state index in [1.54, 1.807) is 24.3 Å². The predicted molar refractivity (Wildman–Crippen MR) is 86.2 cm³/mol. The minimum Gasteiger partial charge on any atom is -0.495 e. The summed E-state index contributed by atoms with van der Waals surface area (Å²) in [5.41, 5.74) is 2.92. The summed E-state index contributed by atoms with van der Waals surface area (Å²) in [7, 11) is 1.51. The molecule has 0 radical (unpaired) electrons. The van der Waals surface area contributed by atoms with Crippen LogP contribution in [-0.2, 0) is 9.59 Å². The average Bonchev–Trinajstić information content (AvgIpc) is 2.49. The molecule has 0 aliphatic carbocycles. The quantitative estimate of drug-likeness (QED) is 0.856. The van der Waals surface area contributed by atoms with Crippen LogP contribution >= 0.6 is 0 Å². The maximum atomic E-state index is 12.0. The summed E-state index contributed by atoms with van der Waals surface area (Å²) in [5.74, 6) is -0.965. The molecule has 0 aliphatic heterocycles. The highest BCUT2D eigenvalue weighted by Gasteiger charge is 2.16. The van der Waals surface area contributed by atoms with Gasteiger partial charge in [-0.05, 0) is 43.2 Å². The number of hydrogen-bond acceptors (Lipinski definition) is 3. The molecule has 0 atom stereocenters. The van der Waals surface area contributed by atoms with Gasteiger partial charge in [0.2, 0.25) is 0 Å². The van der Waals surface area contributed by atoms with Gasteiger partial charge in [-0.15, -0.1) is 0 Å². The fourth-order valence-corrected chi connectivity index (χ4v) is 1.99. The smallest absolute Gasteiger partial charge is 0.314 e. The Kier molecular flexibility index (Phi) is 4.78. The van der Waals surface area contributed by atoms with Crippen LogP contribution in [0.3, 0.4) is 0 Å². The first-order valence-corrected chi connectivity index (χ1v) is 6.84. The van der Waals surface area contributed by atoms with Gasteiger partial charge >= 0.3 is 11.8 Å². The first kappa shape index (κ1) is 15.6. The van der Waals surface area contributed by atoms with Crippen molar-refractivity contribution in [2.24, 2.45) is 0 Å². The molecule has 0 saturated heterocycles. The van der Waals surface area contributed by atoms with Gasteiger partial charge in [0, 0.05) is 5.69 Å². The topological polar surface area (TPSA) is 67.4 Å². The molecule has 5 heteroatoms. The molecule has 0 spiro atoms. The van der Waals surface area contributed by atoms with Crippen molar-refractivity contribution in [1.29, 1.82) is 0 Å². The Morgan fingerprint density at radius 3 is 2.18 bits per heavy atom. The molecule has 2 rings (SSSR count). The van der Waals surface area contributed by atoms with E-state index < -0.39 is 11.8 Å². The van der Waals surface area contributed by atoms with E-state index in [1.807, 2.05) is 32.0 Å². The van der Waals surface area contributed by atoms with E-state index in [9.17, 15) is 9.59 Å². The van der Waals surface area contributed by atoms with Crippen molar-refractivity contribution >= 4 is 23.2 Å². The Bertz CT molecular complexity index is 711. The number of carbonyl (C=O) groups excluding carboxylic acids is 2. The van der Waals surface area contributed by atoms with Gasteiger partial charge in [-0.2, -0.15) is 0 Å². The first-order valence-electron chi connectivity index (χ1n) is 6.84. The normalized spacial score (nSPS) is 9.95. The molecule has 0 aliphatic rings. The summed E-state index contributed by atoms with van der Waals surface area (Å²) in [6, 6.07) is 12.6. The molecule has 0 heterocycles. The number of ether oxygens (including phenoxy) is 1. The Labute approximate surface area is 129 Å². The fourth-order valence-electron chi connectivity index (χ4n) is 1.99.